The van der Waals surface area contributed by atoms with Gasteiger partial charge in [-0.05, 0) is 80.5 Å². The van der Waals surface area contributed by atoms with Crippen LogP contribution >= 0.6 is 0 Å². The fourth-order valence-electron chi connectivity index (χ4n) is 10.2. The van der Waals surface area contributed by atoms with E-state index in [1.54, 1.807) is 0 Å². The van der Waals surface area contributed by atoms with Crippen molar-refractivity contribution in [2.45, 2.75) is 321 Å². The first-order valence-corrected chi connectivity index (χ1v) is 30.4. The van der Waals surface area contributed by atoms with Crippen LogP contribution in [0.1, 0.15) is 306 Å². The van der Waals surface area contributed by atoms with Gasteiger partial charge in [0.05, 0.1) is 16.4 Å². The van der Waals surface area contributed by atoms with Gasteiger partial charge in [0.2, 0.25) is 9.84 Å². The first-order chi connectivity index (χ1) is 31.8. The highest BCUT2D eigenvalue weighted by molar-refractivity contribution is 7.91. The molecule has 3 nitrogen and oxygen atoms in total. The van der Waals surface area contributed by atoms with E-state index >= 15 is 0 Å². The fraction of sp³-hybridized carbons (Fsp3) is 0.803. The molecule has 4 heteroatoms. The minimum atomic E-state index is -3.63. The van der Waals surface area contributed by atoms with Crippen LogP contribution in [0.25, 0.3) is 0 Å². The topological polar surface area (TPSA) is 43.4 Å². The Labute approximate surface area is 406 Å². The van der Waals surface area contributed by atoms with Crippen LogP contribution in [0.3, 0.4) is 0 Å². The molecule has 0 aliphatic carbocycles. The number of rotatable bonds is 47. The molecule has 0 N–H and O–H groups in total. The van der Waals surface area contributed by atoms with Crippen molar-refractivity contribution in [3.63, 3.8) is 0 Å². The van der Waals surface area contributed by atoms with Crippen molar-refractivity contribution in [3.05, 3.63) is 52.6 Å². The average Bonchev–Trinajstić information content (AvgIpc) is 3.28. The second-order valence-electron chi connectivity index (χ2n) is 20.7. The van der Waals surface area contributed by atoms with Crippen molar-refractivity contribution in [2.75, 3.05) is 6.61 Å². The molecule has 0 radical (unpaired) electrons. The summed E-state index contributed by atoms with van der Waals surface area (Å²) in [5.74, 6) is 0.782. The Morgan fingerprint density at radius 2 is 0.646 bits per heavy atom. The molecule has 0 atom stereocenters. The zero-order chi connectivity index (χ0) is 46.9. The standard InChI is InChI=1S/C61H108O3S/c1-6-8-10-12-14-16-18-20-22-24-26-28-30-32-34-36-38-40-42-44-46-48-58-49-50-60(55(3)52-58)65(62,63)61-56(4)53-59(54-57(61)5)64-51-47-45-43-41-39-37-35-33-31-29-27-25-23-21-19-17-15-13-11-9-7-2/h49-50,52-54H,6-48,51H2,1-5H3. The quantitative estimate of drug-likeness (QED) is 0.0621. The molecular weight excluding hydrogens is 813 g/mol. The minimum Gasteiger partial charge on any atom is -0.494 e. The number of benzene rings is 2. The molecule has 2 aromatic rings. The first kappa shape index (κ1) is 59.3. The summed E-state index contributed by atoms with van der Waals surface area (Å²) in [4.78, 5) is 0.860. The Balaban J connectivity index is 1.49. The van der Waals surface area contributed by atoms with Gasteiger partial charge < -0.3 is 4.74 Å². The molecule has 65 heavy (non-hydrogen) atoms. The average molecular weight is 922 g/mol. The number of sulfone groups is 1. The third-order valence-corrected chi connectivity index (χ3v) is 16.5. The predicted molar refractivity (Wildman–Crippen MR) is 287 cm³/mol. The Bertz CT molecular complexity index is 1470. The molecule has 2 aromatic carbocycles. The number of hydrogen-bond acceptors (Lipinski definition) is 3. The molecule has 0 saturated carbocycles. The van der Waals surface area contributed by atoms with Crippen LogP contribution in [-0.2, 0) is 16.3 Å². The molecule has 0 spiro atoms. The lowest BCUT2D eigenvalue weighted by Gasteiger charge is -2.16. The Hall–Kier alpha value is -1.81. The maximum absolute atomic E-state index is 14.0. The van der Waals surface area contributed by atoms with E-state index in [0.29, 0.717) is 16.4 Å². The molecule has 376 valence electrons. The van der Waals surface area contributed by atoms with E-state index in [1.165, 1.54) is 269 Å². The number of unbranched alkanes of at least 4 members (excludes halogenated alkanes) is 40. The van der Waals surface area contributed by atoms with Crippen molar-refractivity contribution >= 4 is 9.84 Å². The van der Waals surface area contributed by atoms with E-state index in [1.807, 2.05) is 45.0 Å². The van der Waals surface area contributed by atoms with Crippen molar-refractivity contribution < 1.29 is 13.2 Å². The smallest absolute Gasteiger partial charge is 0.207 e. The van der Waals surface area contributed by atoms with Crippen LogP contribution < -0.4 is 4.74 Å². The van der Waals surface area contributed by atoms with E-state index in [0.717, 1.165) is 35.3 Å². The lowest BCUT2D eigenvalue weighted by atomic mass is 10.0. The van der Waals surface area contributed by atoms with Gasteiger partial charge in [0.1, 0.15) is 5.75 Å². The zero-order valence-corrected chi connectivity index (χ0v) is 44.9. The van der Waals surface area contributed by atoms with Crippen molar-refractivity contribution in [1.82, 2.24) is 0 Å². The van der Waals surface area contributed by atoms with Crippen LogP contribution in [0, 0.1) is 20.8 Å². The highest BCUT2D eigenvalue weighted by Gasteiger charge is 2.25. The van der Waals surface area contributed by atoms with Gasteiger partial charge in [0.25, 0.3) is 0 Å². The van der Waals surface area contributed by atoms with Crippen LogP contribution in [-0.4, -0.2) is 15.0 Å². The van der Waals surface area contributed by atoms with Crippen LogP contribution in [0.15, 0.2) is 40.1 Å². The third-order valence-electron chi connectivity index (χ3n) is 14.3. The lowest BCUT2D eigenvalue weighted by molar-refractivity contribution is 0.303. The second kappa shape index (κ2) is 41.2. The molecule has 0 amide bonds. The molecule has 0 aromatic heterocycles. The summed E-state index contributed by atoms with van der Waals surface area (Å²) >= 11 is 0. The molecule has 0 bridgehead atoms. The van der Waals surface area contributed by atoms with E-state index in [2.05, 4.69) is 19.9 Å². The van der Waals surface area contributed by atoms with Gasteiger partial charge in [-0.3, -0.25) is 0 Å². The normalized spacial score (nSPS) is 11.8. The third kappa shape index (κ3) is 30.3. The highest BCUT2D eigenvalue weighted by atomic mass is 32.2. The molecular formula is C61H108O3S. The molecule has 0 unspecified atom stereocenters. The van der Waals surface area contributed by atoms with E-state index in [9.17, 15) is 8.42 Å². The summed E-state index contributed by atoms with van der Waals surface area (Å²) in [7, 11) is -3.63. The van der Waals surface area contributed by atoms with Gasteiger partial charge in [-0.2, -0.15) is 0 Å². The summed E-state index contributed by atoms with van der Waals surface area (Å²) in [6.07, 6.45) is 59.4. The molecule has 0 heterocycles. The second-order valence-corrected chi connectivity index (χ2v) is 22.6. The van der Waals surface area contributed by atoms with Gasteiger partial charge in [0, 0.05) is 0 Å². The van der Waals surface area contributed by atoms with Crippen LogP contribution in [0.2, 0.25) is 0 Å². The van der Waals surface area contributed by atoms with Crippen LogP contribution in [0.4, 0.5) is 0 Å². The van der Waals surface area contributed by atoms with Crippen molar-refractivity contribution in [3.8, 4) is 5.75 Å². The fourth-order valence-corrected chi connectivity index (χ4v) is 12.1. The summed E-state index contributed by atoms with van der Waals surface area (Å²) in [6.45, 7) is 11.1. The maximum atomic E-state index is 14.0. The van der Waals surface area contributed by atoms with E-state index < -0.39 is 9.84 Å². The van der Waals surface area contributed by atoms with Gasteiger partial charge in [-0.1, -0.05) is 283 Å². The summed E-state index contributed by atoms with van der Waals surface area (Å²) in [5, 5.41) is 0. The Morgan fingerprint density at radius 3 is 0.954 bits per heavy atom. The Kier molecular flexibility index (Phi) is 37.6. The number of ether oxygens (including phenoxy) is 1. The Morgan fingerprint density at radius 1 is 0.354 bits per heavy atom. The number of hydrogen-bond donors (Lipinski definition) is 0. The number of aryl methyl sites for hydroxylation is 4. The first-order valence-electron chi connectivity index (χ1n) is 28.9. The SMILES string of the molecule is CCCCCCCCCCCCCCCCCCCCCCCOc1cc(C)c(S(=O)(=O)c2ccc(CCCCCCCCCCCCCCCCCCCCCCC)cc2C)c(C)c1. The summed E-state index contributed by atoms with van der Waals surface area (Å²) in [5.41, 5.74) is 3.63. The molecule has 0 fully saturated rings. The van der Waals surface area contributed by atoms with Gasteiger partial charge in [-0.15, -0.1) is 0 Å². The largest absolute Gasteiger partial charge is 0.494 e. The highest BCUT2D eigenvalue weighted by Crippen LogP contribution is 2.33. The molecule has 0 saturated heterocycles. The van der Waals surface area contributed by atoms with Crippen molar-refractivity contribution in [1.29, 1.82) is 0 Å². The van der Waals surface area contributed by atoms with E-state index in [4.69, 9.17) is 4.74 Å². The minimum absolute atomic E-state index is 0.430. The lowest BCUT2D eigenvalue weighted by Crippen LogP contribution is -2.09. The summed E-state index contributed by atoms with van der Waals surface area (Å²) < 4.78 is 34.1. The van der Waals surface area contributed by atoms with Gasteiger partial charge in [-0.25, -0.2) is 8.42 Å². The zero-order valence-electron chi connectivity index (χ0n) is 44.1. The van der Waals surface area contributed by atoms with Crippen LogP contribution in [0.5, 0.6) is 5.75 Å². The van der Waals surface area contributed by atoms with Crippen molar-refractivity contribution in [2.24, 2.45) is 0 Å². The van der Waals surface area contributed by atoms with Gasteiger partial charge >= 0.3 is 0 Å². The monoisotopic (exact) mass is 921 g/mol. The predicted octanol–water partition coefficient (Wildman–Crippen LogP) is 20.8. The van der Waals surface area contributed by atoms with Gasteiger partial charge in [0.15, 0.2) is 0 Å². The maximum Gasteiger partial charge on any atom is 0.207 e. The molecule has 2 rings (SSSR count). The molecule has 0 aliphatic heterocycles. The molecule has 0 aliphatic rings. The summed E-state index contributed by atoms with van der Waals surface area (Å²) in [6, 6.07) is 9.83. The van der Waals surface area contributed by atoms with E-state index in [-0.39, 0.29) is 0 Å².